The lowest BCUT2D eigenvalue weighted by Gasteiger charge is -2.09. The third-order valence-electron chi connectivity index (χ3n) is 6.16. The molecule has 8 nitrogen and oxygen atoms in total. The third kappa shape index (κ3) is 3.88. The fourth-order valence-corrected chi connectivity index (χ4v) is 4.23. The highest BCUT2D eigenvalue weighted by molar-refractivity contribution is 5.98. The van der Waals surface area contributed by atoms with E-state index >= 15 is 0 Å². The van der Waals surface area contributed by atoms with Crippen molar-refractivity contribution in [2.75, 3.05) is 5.32 Å². The molecule has 6 rings (SSSR count). The second kappa shape index (κ2) is 8.74. The van der Waals surface area contributed by atoms with E-state index in [4.69, 9.17) is 4.98 Å². The van der Waals surface area contributed by atoms with E-state index in [-0.39, 0.29) is 11.8 Å². The number of carbonyl (C=O) groups excluding carboxylic acids is 1. The number of aromatic nitrogens is 6. The first kappa shape index (κ1) is 21.7. The molecule has 2 aromatic carbocycles. The lowest BCUT2D eigenvalue weighted by Crippen LogP contribution is -2.17. The number of carbonyl (C=O) groups is 1. The predicted octanol–water partition coefficient (Wildman–Crippen LogP) is 5.82. The van der Waals surface area contributed by atoms with Crippen molar-refractivity contribution in [2.45, 2.75) is 13.8 Å². The van der Waals surface area contributed by atoms with Gasteiger partial charge in [-0.2, -0.15) is 5.10 Å². The van der Waals surface area contributed by atoms with E-state index in [9.17, 15) is 4.79 Å². The quantitative estimate of drug-likeness (QED) is 0.292. The highest BCUT2D eigenvalue weighted by Gasteiger charge is 2.16. The molecule has 4 aromatic heterocycles. The Hall–Kier alpha value is -4.85. The Morgan fingerprint density at radius 3 is 2.56 bits per heavy atom. The van der Waals surface area contributed by atoms with Gasteiger partial charge in [0, 0.05) is 41.1 Å². The second-order valence-corrected chi connectivity index (χ2v) is 8.96. The molecule has 0 saturated heterocycles. The molecule has 0 atom stereocenters. The minimum Gasteiger partial charge on any atom is -0.335 e. The Bertz CT molecular complexity index is 1720. The molecule has 8 heteroatoms. The summed E-state index contributed by atoms with van der Waals surface area (Å²) in [6.45, 7) is 3.75. The van der Waals surface area contributed by atoms with E-state index < -0.39 is 0 Å². The van der Waals surface area contributed by atoms with Crippen molar-refractivity contribution in [1.29, 1.82) is 0 Å². The van der Waals surface area contributed by atoms with Crippen LogP contribution in [0.2, 0.25) is 0 Å². The minimum absolute atomic E-state index is 0.00904. The molecule has 0 saturated carbocycles. The van der Waals surface area contributed by atoms with Crippen LogP contribution in [0.25, 0.3) is 55.7 Å². The molecule has 176 valence electrons. The Kier molecular flexibility index (Phi) is 5.26. The Labute approximate surface area is 206 Å². The molecule has 0 fully saturated rings. The molecule has 4 heterocycles. The summed E-state index contributed by atoms with van der Waals surface area (Å²) in [5.74, 6) is 0.566. The smallest absolute Gasteiger partial charge is 0.226 e. The first-order valence-corrected chi connectivity index (χ1v) is 11.7. The molecule has 0 spiro atoms. The molecule has 0 aliphatic rings. The van der Waals surface area contributed by atoms with Crippen LogP contribution in [0.15, 0.2) is 79.4 Å². The zero-order valence-electron chi connectivity index (χ0n) is 19.8. The predicted molar refractivity (Wildman–Crippen MR) is 141 cm³/mol. The number of pyridine rings is 2. The lowest BCUT2D eigenvalue weighted by molar-refractivity contribution is -0.118. The summed E-state index contributed by atoms with van der Waals surface area (Å²) in [4.78, 5) is 28.9. The molecule has 0 bridgehead atoms. The fourth-order valence-electron chi connectivity index (χ4n) is 4.23. The Balaban J connectivity index is 1.41. The van der Waals surface area contributed by atoms with Crippen molar-refractivity contribution in [2.24, 2.45) is 5.92 Å². The van der Waals surface area contributed by atoms with Crippen LogP contribution in [0.3, 0.4) is 0 Å². The molecule has 0 aliphatic carbocycles. The zero-order chi connectivity index (χ0) is 24.6. The van der Waals surface area contributed by atoms with Gasteiger partial charge in [-0.1, -0.05) is 32.0 Å². The van der Waals surface area contributed by atoms with Gasteiger partial charge in [-0.05, 0) is 53.1 Å². The number of hydrogen-bond donors (Lipinski definition) is 3. The number of aromatic amines is 2. The first-order valence-electron chi connectivity index (χ1n) is 11.7. The van der Waals surface area contributed by atoms with E-state index in [1.54, 1.807) is 18.6 Å². The van der Waals surface area contributed by atoms with Crippen LogP contribution in [0.1, 0.15) is 13.8 Å². The van der Waals surface area contributed by atoms with Crippen LogP contribution in [0, 0.1) is 5.92 Å². The Morgan fingerprint density at radius 2 is 1.72 bits per heavy atom. The summed E-state index contributed by atoms with van der Waals surface area (Å²) in [5, 5.41) is 11.6. The molecule has 3 N–H and O–H groups in total. The molecule has 0 aliphatic heterocycles. The summed E-state index contributed by atoms with van der Waals surface area (Å²) in [6.07, 6.45) is 7.10. The average molecular weight is 474 g/mol. The summed E-state index contributed by atoms with van der Waals surface area (Å²) >= 11 is 0. The highest BCUT2D eigenvalue weighted by Crippen LogP contribution is 2.33. The molecule has 0 unspecified atom stereocenters. The van der Waals surface area contributed by atoms with Crippen molar-refractivity contribution < 1.29 is 4.79 Å². The van der Waals surface area contributed by atoms with Crippen LogP contribution in [-0.4, -0.2) is 36.0 Å². The summed E-state index contributed by atoms with van der Waals surface area (Å²) in [6, 6.07) is 17.9. The van der Waals surface area contributed by atoms with Gasteiger partial charge < -0.3 is 10.3 Å². The van der Waals surface area contributed by atoms with Gasteiger partial charge in [0.15, 0.2) is 5.82 Å². The maximum absolute atomic E-state index is 12.1. The maximum atomic E-state index is 12.1. The highest BCUT2D eigenvalue weighted by atomic mass is 16.1. The van der Waals surface area contributed by atoms with Crippen LogP contribution < -0.4 is 5.32 Å². The Morgan fingerprint density at radius 1 is 0.889 bits per heavy atom. The van der Waals surface area contributed by atoms with E-state index in [1.807, 2.05) is 68.6 Å². The number of hydrogen-bond acceptors (Lipinski definition) is 5. The molecular weight excluding hydrogens is 450 g/mol. The standard InChI is InChI=1S/C28H23N7O/c1-16(2)28(36)31-20-5-3-4-18(12-20)19-6-7-23-21(13-19)26(35-34-23)27-32-24-15-30-14-22(25(24)33-27)17-8-10-29-11-9-17/h3-16H,1-2H3,(H,31,36)(H,32,33)(H,34,35). The monoisotopic (exact) mass is 473 g/mol. The summed E-state index contributed by atoms with van der Waals surface area (Å²) in [5.41, 5.74) is 8.01. The van der Waals surface area contributed by atoms with Crippen LogP contribution in [0.5, 0.6) is 0 Å². The number of benzene rings is 2. The molecule has 0 radical (unpaired) electrons. The van der Waals surface area contributed by atoms with Crippen LogP contribution in [-0.2, 0) is 4.79 Å². The van der Waals surface area contributed by atoms with Crippen molar-refractivity contribution in [3.63, 3.8) is 0 Å². The normalized spacial score (nSPS) is 11.4. The SMILES string of the molecule is CC(C)C(=O)Nc1cccc(-c2ccc3[nH]nc(-c4nc5c(-c6ccncc6)cncc5[nH]4)c3c2)c1. The van der Waals surface area contributed by atoms with E-state index in [2.05, 4.69) is 36.5 Å². The minimum atomic E-state index is -0.0865. The summed E-state index contributed by atoms with van der Waals surface area (Å²) < 4.78 is 0. The number of nitrogens with zero attached hydrogens (tertiary/aromatic N) is 4. The number of imidazole rings is 1. The molecule has 6 aromatic rings. The van der Waals surface area contributed by atoms with Crippen molar-refractivity contribution in [3.05, 3.63) is 79.4 Å². The number of rotatable bonds is 5. The van der Waals surface area contributed by atoms with Crippen molar-refractivity contribution in [1.82, 2.24) is 30.1 Å². The van der Waals surface area contributed by atoms with Crippen LogP contribution >= 0.6 is 0 Å². The van der Waals surface area contributed by atoms with Gasteiger partial charge >= 0.3 is 0 Å². The van der Waals surface area contributed by atoms with Gasteiger partial charge in [0.2, 0.25) is 5.91 Å². The molecular formula is C28H23N7O. The molecule has 36 heavy (non-hydrogen) atoms. The topological polar surface area (TPSA) is 112 Å². The zero-order valence-corrected chi connectivity index (χ0v) is 19.8. The van der Waals surface area contributed by atoms with Gasteiger partial charge in [0.1, 0.15) is 5.69 Å². The first-order chi connectivity index (χ1) is 17.6. The van der Waals surface area contributed by atoms with Gasteiger partial charge in [-0.15, -0.1) is 0 Å². The summed E-state index contributed by atoms with van der Waals surface area (Å²) in [7, 11) is 0. The average Bonchev–Trinajstić information content (AvgIpc) is 3.53. The van der Waals surface area contributed by atoms with Crippen molar-refractivity contribution >= 4 is 33.5 Å². The van der Waals surface area contributed by atoms with E-state index in [1.165, 1.54) is 0 Å². The number of anilines is 1. The second-order valence-electron chi connectivity index (χ2n) is 8.96. The third-order valence-corrected chi connectivity index (χ3v) is 6.16. The largest absolute Gasteiger partial charge is 0.335 e. The van der Waals surface area contributed by atoms with Gasteiger partial charge in [0.05, 0.1) is 22.7 Å². The lowest BCUT2D eigenvalue weighted by atomic mass is 10.0. The van der Waals surface area contributed by atoms with E-state index in [0.717, 1.165) is 55.6 Å². The van der Waals surface area contributed by atoms with Crippen LogP contribution in [0.4, 0.5) is 5.69 Å². The number of H-pyrrole nitrogens is 2. The van der Waals surface area contributed by atoms with Gasteiger partial charge in [-0.3, -0.25) is 19.9 Å². The number of nitrogens with one attached hydrogen (secondary N) is 3. The number of fused-ring (bicyclic) bond motifs is 2. The van der Waals surface area contributed by atoms with Gasteiger partial charge in [0.25, 0.3) is 0 Å². The fraction of sp³-hybridized carbons (Fsp3) is 0.107. The van der Waals surface area contributed by atoms with E-state index in [0.29, 0.717) is 5.82 Å². The number of amides is 1. The molecule has 1 amide bonds. The van der Waals surface area contributed by atoms with Gasteiger partial charge in [-0.25, -0.2) is 4.98 Å². The van der Waals surface area contributed by atoms with Crippen molar-refractivity contribution in [3.8, 4) is 33.8 Å². The maximum Gasteiger partial charge on any atom is 0.226 e.